The van der Waals surface area contributed by atoms with Crippen molar-refractivity contribution in [2.45, 2.75) is 23.1 Å². The van der Waals surface area contributed by atoms with Crippen LogP contribution < -0.4 is 9.62 Å². The van der Waals surface area contributed by atoms with Gasteiger partial charge in [-0.2, -0.15) is 0 Å². The van der Waals surface area contributed by atoms with E-state index in [-0.39, 0.29) is 15.8 Å². The molecule has 174 valence electrons. The van der Waals surface area contributed by atoms with Crippen LogP contribution >= 0.6 is 23.1 Å². The van der Waals surface area contributed by atoms with Gasteiger partial charge in [-0.15, -0.1) is 10.2 Å². The second-order valence-corrected chi connectivity index (χ2v) is 11.0. The van der Waals surface area contributed by atoms with Gasteiger partial charge in [0.05, 0.1) is 23.4 Å². The van der Waals surface area contributed by atoms with Crippen molar-refractivity contribution >= 4 is 55.8 Å². The summed E-state index contributed by atoms with van der Waals surface area (Å²) in [6, 6.07) is 13.3. The van der Waals surface area contributed by atoms with Crippen LogP contribution in [0.2, 0.25) is 0 Å². The molecule has 0 aliphatic heterocycles. The summed E-state index contributed by atoms with van der Waals surface area (Å²) in [7, 11) is -2.71. The number of ether oxygens (including phenoxy) is 1. The molecule has 0 fully saturated rings. The average molecular weight is 507 g/mol. The van der Waals surface area contributed by atoms with Gasteiger partial charge in [-0.3, -0.25) is 19.2 Å². The molecule has 0 atom stereocenters. The van der Waals surface area contributed by atoms with Gasteiger partial charge in [-0.05, 0) is 38.1 Å². The summed E-state index contributed by atoms with van der Waals surface area (Å²) in [6.07, 6.45) is 0. The Hall–Kier alpha value is -2.96. The first kappa shape index (κ1) is 24.7. The minimum absolute atomic E-state index is 0.0646. The number of nitrogens with one attached hydrogen (secondary N) is 1. The highest BCUT2D eigenvalue weighted by Crippen LogP contribution is 2.27. The summed E-state index contributed by atoms with van der Waals surface area (Å²) < 4.78 is 32.8. The number of benzene rings is 2. The van der Waals surface area contributed by atoms with Gasteiger partial charge in [-0.1, -0.05) is 58.5 Å². The normalized spacial score (nSPS) is 11.1. The number of anilines is 2. The molecule has 33 heavy (non-hydrogen) atoms. The number of aryl methyl sites for hydroxylation is 2. The fourth-order valence-corrected chi connectivity index (χ4v) is 5.67. The fourth-order valence-electron chi connectivity index (χ4n) is 2.65. The highest BCUT2D eigenvalue weighted by molar-refractivity contribution is 8.01. The lowest BCUT2D eigenvalue weighted by Crippen LogP contribution is -2.38. The van der Waals surface area contributed by atoms with Crippen molar-refractivity contribution in [1.29, 1.82) is 0 Å². The molecule has 9 nitrogen and oxygen atoms in total. The Kier molecular flexibility index (Phi) is 8.06. The van der Waals surface area contributed by atoms with E-state index in [1.165, 1.54) is 19.2 Å². The quantitative estimate of drug-likeness (QED) is 0.267. The van der Waals surface area contributed by atoms with Crippen molar-refractivity contribution in [3.63, 3.8) is 0 Å². The van der Waals surface area contributed by atoms with Gasteiger partial charge in [0, 0.05) is 0 Å². The molecule has 2 aromatic carbocycles. The van der Waals surface area contributed by atoms with Crippen LogP contribution in [0.4, 0.5) is 10.8 Å². The van der Waals surface area contributed by atoms with Crippen molar-refractivity contribution < 1.29 is 22.7 Å². The van der Waals surface area contributed by atoms with E-state index < -0.39 is 28.4 Å². The first-order chi connectivity index (χ1) is 15.7. The van der Waals surface area contributed by atoms with Crippen LogP contribution in [0.5, 0.6) is 0 Å². The first-order valence-electron chi connectivity index (χ1n) is 9.68. The number of sulfonamides is 1. The van der Waals surface area contributed by atoms with Crippen molar-refractivity contribution in [2.75, 3.05) is 29.0 Å². The third-order valence-electron chi connectivity index (χ3n) is 4.41. The van der Waals surface area contributed by atoms with Crippen LogP contribution in [0.25, 0.3) is 0 Å². The average Bonchev–Trinajstić information content (AvgIpc) is 3.24. The van der Waals surface area contributed by atoms with E-state index >= 15 is 0 Å². The second-order valence-electron chi connectivity index (χ2n) is 6.95. The summed E-state index contributed by atoms with van der Waals surface area (Å²) in [5.41, 5.74) is 2.25. The molecular weight excluding hydrogens is 484 g/mol. The maximum absolute atomic E-state index is 13.4. The molecule has 0 aliphatic carbocycles. The van der Waals surface area contributed by atoms with E-state index in [4.69, 9.17) is 0 Å². The van der Waals surface area contributed by atoms with Crippen LogP contribution in [0.3, 0.4) is 0 Å². The summed E-state index contributed by atoms with van der Waals surface area (Å²) in [5.74, 6) is -0.919. The van der Waals surface area contributed by atoms with Gasteiger partial charge < -0.3 is 4.74 Å². The molecule has 0 radical (unpaired) electrons. The summed E-state index contributed by atoms with van der Waals surface area (Å²) in [4.78, 5) is 24.1. The summed E-state index contributed by atoms with van der Waals surface area (Å²) >= 11 is 2.21. The summed E-state index contributed by atoms with van der Waals surface area (Å²) in [6.45, 7) is 3.30. The molecule has 0 spiro atoms. The van der Waals surface area contributed by atoms with E-state index in [0.717, 1.165) is 38.5 Å². The van der Waals surface area contributed by atoms with Crippen molar-refractivity contribution in [3.05, 3.63) is 59.7 Å². The monoisotopic (exact) mass is 506 g/mol. The zero-order valence-electron chi connectivity index (χ0n) is 18.1. The predicted molar refractivity (Wildman–Crippen MR) is 128 cm³/mol. The molecule has 0 aliphatic rings. The lowest BCUT2D eigenvalue weighted by molar-refractivity contribution is -0.137. The molecule has 1 amide bonds. The van der Waals surface area contributed by atoms with Gasteiger partial charge in [0.25, 0.3) is 10.0 Å². The Labute approximate surface area is 200 Å². The fraction of sp³-hybridized carbons (Fsp3) is 0.238. The van der Waals surface area contributed by atoms with E-state index in [2.05, 4.69) is 20.3 Å². The molecule has 0 bridgehead atoms. The molecule has 3 rings (SSSR count). The number of hydrogen-bond acceptors (Lipinski definition) is 9. The minimum Gasteiger partial charge on any atom is -0.468 e. The van der Waals surface area contributed by atoms with E-state index in [1.807, 2.05) is 13.8 Å². The van der Waals surface area contributed by atoms with Crippen molar-refractivity contribution in [1.82, 2.24) is 10.2 Å². The Morgan fingerprint density at radius 2 is 1.64 bits per heavy atom. The smallest absolute Gasteiger partial charge is 0.316 e. The highest BCUT2D eigenvalue weighted by Gasteiger charge is 2.27. The Morgan fingerprint density at radius 1 is 1.03 bits per heavy atom. The SMILES string of the molecule is COC(=O)CSc1nnc(NC(=O)CN(c2ccc(C)cc2)S(=O)(=O)c2ccc(C)cc2)s1. The Bertz CT molecular complexity index is 1230. The number of aromatic nitrogens is 2. The van der Waals surface area contributed by atoms with Crippen molar-refractivity contribution in [2.24, 2.45) is 0 Å². The van der Waals surface area contributed by atoms with Gasteiger partial charge in [-0.25, -0.2) is 8.42 Å². The first-order valence-corrected chi connectivity index (χ1v) is 12.9. The van der Waals surface area contributed by atoms with Crippen molar-refractivity contribution in [3.8, 4) is 0 Å². The number of esters is 1. The van der Waals surface area contributed by atoms with Crippen LogP contribution in [-0.4, -0.2) is 49.9 Å². The highest BCUT2D eigenvalue weighted by atomic mass is 32.2. The van der Waals surface area contributed by atoms with E-state index in [9.17, 15) is 18.0 Å². The lowest BCUT2D eigenvalue weighted by Gasteiger charge is -2.24. The topological polar surface area (TPSA) is 119 Å². The largest absolute Gasteiger partial charge is 0.468 e. The summed E-state index contributed by atoms with van der Waals surface area (Å²) in [5, 5.41) is 10.6. The molecule has 1 N–H and O–H groups in total. The van der Waals surface area contributed by atoms with Gasteiger partial charge in [0.15, 0.2) is 4.34 Å². The second kappa shape index (κ2) is 10.8. The van der Waals surface area contributed by atoms with Crippen LogP contribution in [0.15, 0.2) is 57.8 Å². The van der Waals surface area contributed by atoms with Gasteiger partial charge >= 0.3 is 5.97 Å². The number of rotatable bonds is 9. The van der Waals surface area contributed by atoms with Gasteiger partial charge in [0.2, 0.25) is 11.0 Å². The Balaban J connectivity index is 1.80. The molecular formula is C21H22N4O5S3. The number of carbonyl (C=O) groups is 2. The third kappa shape index (κ3) is 6.53. The number of thioether (sulfide) groups is 1. The predicted octanol–water partition coefficient (Wildman–Crippen LogP) is 3.25. The standard InChI is InChI=1S/C21H22N4O5S3/c1-14-4-8-16(9-5-14)25(33(28,29)17-10-6-15(2)7-11-17)12-18(26)22-20-23-24-21(32-20)31-13-19(27)30-3/h4-11H,12-13H2,1-3H3,(H,22,23,26). The van der Waals surface area contributed by atoms with E-state index in [0.29, 0.717) is 10.0 Å². The molecule has 0 saturated carbocycles. The lowest BCUT2D eigenvalue weighted by atomic mass is 10.2. The van der Waals surface area contributed by atoms with Crippen LogP contribution in [0, 0.1) is 13.8 Å². The molecule has 0 unspecified atom stereocenters. The third-order valence-corrected chi connectivity index (χ3v) is 8.15. The maximum atomic E-state index is 13.4. The minimum atomic E-state index is -4.00. The molecule has 1 heterocycles. The maximum Gasteiger partial charge on any atom is 0.316 e. The molecule has 0 saturated heterocycles. The van der Waals surface area contributed by atoms with Gasteiger partial charge in [0.1, 0.15) is 6.54 Å². The number of carbonyl (C=O) groups excluding carboxylic acids is 2. The molecule has 1 aromatic heterocycles. The van der Waals surface area contributed by atoms with Crippen LogP contribution in [-0.2, 0) is 24.3 Å². The zero-order valence-corrected chi connectivity index (χ0v) is 20.6. The molecule has 3 aromatic rings. The number of nitrogens with zero attached hydrogens (tertiary/aromatic N) is 3. The van der Waals surface area contributed by atoms with E-state index in [1.54, 1.807) is 36.4 Å². The zero-order chi connectivity index (χ0) is 24.0. The van der Waals surface area contributed by atoms with Crippen LogP contribution in [0.1, 0.15) is 11.1 Å². The number of methoxy groups -OCH3 is 1. The Morgan fingerprint density at radius 3 is 2.24 bits per heavy atom. The molecule has 12 heteroatoms. The number of amides is 1. The number of hydrogen-bond donors (Lipinski definition) is 1.